The molecule has 1 aromatic rings. The molecule has 1 amide bonds. The van der Waals surface area contributed by atoms with Crippen molar-refractivity contribution in [3.05, 3.63) is 17.2 Å². The summed E-state index contributed by atoms with van der Waals surface area (Å²) >= 11 is 6.17. The molecule has 1 aliphatic rings. The molecule has 6 heteroatoms. The van der Waals surface area contributed by atoms with Crippen LogP contribution in [0.15, 0.2) is 12.1 Å². The predicted molar refractivity (Wildman–Crippen MR) is 92.6 cm³/mol. The second-order valence-corrected chi connectivity index (χ2v) is 6.47. The zero-order valence-corrected chi connectivity index (χ0v) is 14.9. The van der Waals surface area contributed by atoms with Gasteiger partial charge in [-0.05, 0) is 31.7 Å². The Morgan fingerprint density at radius 3 is 2.43 bits per heavy atom. The van der Waals surface area contributed by atoms with E-state index in [1.807, 2.05) is 11.8 Å². The first-order chi connectivity index (χ1) is 11.0. The molecular weight excluding hydrogens is 316 g/mol. The van der Waals surface area contributed by atoms with Crippen LogP contribution in [0.2, 0.25) is 5.02 Å². The molecule has 1 aliphatic heterocycles. The number of methoxy groups -OCH3 is 2. The summed E-state index contributed by atoms with van der Waals surface area (Å²) in [7, 11) is 3.13. The third-order valence-electron chi connectivity index (χ3n) is 4.31. The van der Waals surface area contributed by atoms with Crippen LogP contribution in [0.4, 0.5) is 5.69 Å². The number of hydrogen-bond acceptors (Lipinski definition) is 4. The summed E-state index contributed by atoms with van der Waals surface area (Å²) in [6.07, 6.45) is 2.13. The van der Waals surface area contributed by atoms with Crippen LogP contribution in [0.5, 0.6) is 11.5 Å². The van der Waals surface area contributed by atoms with E-state index in [2.05, 4.69) is 12.2 Å². The summed E-state index contributed by atoms with van der Waals surface area (Å²) in [5, 5.41) is 3.68. The van der Waals surface area contributed by atoms with Crippen molar-refractivity contribution >= 4 is 23.2 Å². The normalized spacial score (nSPS) is 16.8. The number of nitrogens with one attached hydrogen (secondary N) is 1. The third kappa shape index (κ3) is 4.22. The molecule has 23 heavy (non-hydrogen) atoms. The van der Waals surface area contributed by atoms with E-state index in [1.165, 1.54) is 0 Å². The number of nitrogens with zero attached hydrogens (tertiary/aromatic N) is 1. The van der Waals surface area contributed by atoms with Crippen LogP contribution in [0.1, 0.15) is 26.7 Å². The number of likely N-dealkylation sites (tertiary alicyclic amines) is 1. The first-order valence-electron chi connectivity index (χ1n) is 7.93. The number of anilines is 1. The Balaban J connectivity index is 2.08. The van der Waals surface area contributed by atoms with Crippen molar-refractivity contribution in [3.8, 4) is 11.5 Å². The first kappa shape index (κ1) is 17.7. The molecule has 1 aromatic carbocycles. The van der Waals surface area contributed by atoms with Crippen molar-refractivity contribution in [2.45, 2.75) is 32.7 Å². The monoisotopic (exact) mass is 340 g/mol. The van der Waals surface area contributed by atoms with Crippen LogP contribution in [-0.2, 0) is 4.79 Å². The number of amides is 1. The summed E-state index contributed by atoms with van der Waals surface area (Å²) in [6.45, 7) is 5.74. The lowest BCUT2D eigenvalue weighted by atomic mass is 9.99. The average Bonchev–Trinajstić information content (AvgIpc) is 2.55. The van der Waals surface area contributed by atoms with Gasteiger partial charge in [-0.2, -0.15) is 0 Å². The van der Waals surface area contributed by atoms with E-state index >= 15 is 0 Å². The van der Waals surface area contributed by atoms with Gasteiger partial charge < -0.3 is 19.7 Å². The number of ether oxygens (including phenoxy) is 2. The molecule has 0 aromatic heterocycles. The van der Waals surface area contributed by atoms with Crippen LogP contribution in [0, 0.1) is 5.92 Å². The fraction of sp³-hybridized carbons (Fsp3) is 0.588. The fourth-order valence-corrected chi connectivity index (χ4v) is 3.01. The lowest BCUT2D eigenvalue weighted by molar-refractivity contribution is -0.132. The quantitative estimate of drug-likeness (QED) is 0.892. The minimum Gasteiger partial charge on any atom is -0.495 e. The largest absolute Gasteiger partial charge is 0.495 e. The van der Waals surface area contributed by atoms with Gasteiger partial charge in [0.1, 0.15) is 17.5 Å². The number of carbonyl (C=O) groups excluding carboxylic acids is 1. The second-order valence-electron chi connectivity index (χ2n) is 6.06. The topological polar surface area (TPSA) is 50.8 Å². The molecule has 1 heterocycles. The standard InChI is InChI=1S/C17H25ClN2O3/c1-11-5-7-20(8-6-11)17(21)12(2)19-14-9-13(18)15(22-3)10-16(14)23-4/h9-12,19H,5-8H2,1-4H3/t12-/m0/s1. The number of carbonyl (C=O) groups is 1. The minimum atomic E-state index is -0.346. The van der Waals surface area contributed by atoms with Crippen LogP contribution in [0.25, 0.3) is 0 Å². The van der Waals surface area contributed by atoms with Gasteiger partial charge >= 0.3 is 0 Å². The molecule has 1 saturated heterocycles. The van der Waals surface area contributed by atoms with E-state index in [0.29, 0.717) is 28.1 Å². The van der Waals surface area contributed by atoms with Crippen LogP contribution >= 0.6 is 11.6 Å². The maximum Gasteiger partial charge on any atom is 0.244 e. The molecule has 128 valence electrons. The highest BCUT2D eigenvalue weighted by molar-refractivity contribution is 6.32. The van der Waals surface area contributed by atoms with Crippen molar-refractivity contribution in [2.75, 3.05) is 32.6 Å². The molecule has 0 unspecified atom stereocenters. The van der Waals surface area contributed by atoms with Gasteiger partial charge in [0.2, 0.25) is 5.91 Å². The Morgan fingerprint density at radius 1 is 1.26 bits per heavy atom. The first-order valence-corrected chi connectivity index (χ1v) is 8.31. The Labute approximate surface area is 142 Å². The van der Waals surface area contributed by atoms with Gasteiger partial charge in [0.15, 0.2) is 0 Å². The van der Waals surface area contributed by atoms with Gasteiger partial charge in [0.25, 0.3) is 0 Å². The molecule has 5 nitrogen and oxygen atoms in total. The van der Waals surface area contributed by atoms with E-state index in [4.69, 9.17) is 21.1 Å². The number of piperidine rings is 1. The van der Waals surface area contributed by atoms with Crippen molar-refractivity contribution < 1.29 is 14.3 Å². The van der Waals surface area contributed by atoms with Crippen molar-refractivity contribution in [3.63, 3.8) is 0 Å². The smallest absolute Gasteiger partial charge is 0.244 e. The highest BCUT2D eigenvalue weighted by atomic mass is 35.5. The molecule has 0 bridgehead atoms. The average molecular weight is 341 g/mol. The summed E-state index contributed by atoms with van der Waals surface area (Å²) in [5.74, 6) is 1.94. The zero-order valence-electron chi connectivity index (χ0n) is 14.2. The van der Waals surface area contributed by atoms with E-state index in [-0.39, 0.29) is 11.9 Å². The highest BCUT2D eigenvalue weighted by Crippen LogP contribution is 2.36. The van der Waals surface area contributed by atoms with Gasteiger partial charge in [-0.3, -0.25) is 4.79 Å². The van der Waals surface area contributed by atoms with Gasteiger partial charge in [-0.15, -0.1) is 0 Å². The molecule has 0 saturated carbocycles. The molecular formula is C17H25ClN2O3. The molecule has 2 rings (SSSR count). The Bertz CT molecular complexity index is 557. The Kier molecular flexibility index (Phi) is 5.99. The van der Waals surface area contributed by atoms with Gasteiger partial charge in [0.05, 0.1) is 24.9 Å². The molecule has 1 N–H and O–H groups in total. The van der Waals surface area contributed by atoms with E-state index in [1.54, 1.807) is 26.4 Å². The van der Waals surface area contributed by atoms with E-state index in [0.717, 1.165) is 25.9 Å². The SMILES string of the molecule is COc1cc(OC)c(N[C@@H](C)C(=O)N2CCC(C)CC2)cc1Cl. The summed E-state index contributed by atoms with van der Waals surface area (Å²) in [4.78, 5) is 14.5. The third-order valence-corrected chi connectivity index (χ3v) is 4.61. The fourth-order valence-electron chi connectivity index (χ4n) is 2.77. The Morgan fingerprint density at radius 2 is 1.87 bits per heavy atom. The van der Waals surface area contributed by atoms with Crippen LogP contribution in [-0.4, -0.2) is 44.2 Å². The number of benzene rings is 1. The number of rotatable bonds is 5. The molecule has 0 aliphatic carbocycles. The van der Waals surface area contributed by atoms with Crippen LogP contribution in [0.3, 0.4) is 0 Å². The molecule has 0 spiro atoms. The van der Waals surface area contributed by atoms with Crippen LogP contribution < -0.4 is 14.8 Å². The zero-order chi connectivity index (χ0) is 17.0. The van der Waals surface area contributed by atoms with Crippen molar-refractivity contribution in [2.24, 2.45) is 5.92 Å². The molecule has 0 radical (unpaired) electrons. The lowest BCUT2D eigenvalue weighted by Crippen LogP contribution is -2.45. The predicted octanol–water partition coefficient (Wildman–Crippen LogP) is 3.42. The Hall–Kier alpha value is -1.62. The summed E-state index contributed by atoms with van der Waals surface area (Å²) in [5.41, 5.74) is 0.685. The maximum absolute atomic E-state index is 12.6. The van der Waals surface area contributed by atoms with Gasteiger partial charge in [-0.1, -0.05) is 18.5 Å². The second kappa shape index (κ2) is 7.77. The molecule has 1 atom stereocenters. The maximum atomic E-state index is 12.6. The van der Waals surface area contributed by atoms with E-state index in [9.17, 15) is 4.79 Å². The van der Waals surface area contributed by atoms with Crippen molar-refractivity contribution in [1.29, 1.82) is 0 Å². The molecule has 1 fully saturated rings. The van der Waals surface area contributed by atoms with Crippen molar-refractivity contribution in [1.82, 2.24) is 4.90 Å². The lowest BCUT2D eigenvalue weighted by Gasteiger charge is -2.32. The summed E-state index contributed by atoms with van der Waals surface area (Å²) < 4.78 is 10.5. The van der Waals surface area contributed by atoms with Gasteiger partial charge in [0, 0.05) is 19.2 Å². The number of hydrogen-bond donors (Lipinski definition) is 1. The number of halogens is 1. The summed E-state index contributed by atoms with van der Waals surface area (Å²) in [6, 6.07) is 3.09. The van der Waals surface area contributed by atoms with Gasteiger partial charge in [-0.25, -0.2) is 0 Å². The van der Waals surface area contributed by atoms with E-state index < -0.39 is 0 Å². The minimum absolute atomic E-state index is 0.103. The highest BCUT2D eigenvalue weighted by Gasteiger charge is 2.25.